The molecule has 0 aliphatic heterocycles. The standard InChI is InChI=1S/C13H16N4O2/c1-2-7-19-12-4-3-10(8-14-12)9-15-13(18)11-5-6-16-17-11/h3-6,8H,2,7,9H2,1H3,(H,15,18)(H,16,17). The number of hydrogen-bond acceptors (Lipinski definition) is 4. The Bertz CT molecular complexity index is 508. The van der Waals surface area contributed by atoms with Crippen molar-refractivity contribution in [2.75, 3.05) is 6.61 Å². The third kappa shape index (κ3) is 3.80. The molecule has 6 nitrogen and oxygen atoms in total. The van der Waals surface area contributed by atoms with Gasteiger partial charge >= 0.3 is 0 Å². The molecular weight excluding hydrogens is 244 g/mol. The first kappa shape index (κ1) is 13.1. The maximum Gasteiger partial charge on any atom is 0.269 e. The smallest absolute Gasteiger partial charge is 0.269 e. The van der Waals surface area contributed by atoms with Gasteiger partial charge in [-0.3, -0.25) is 9.89 Å². The van der Waals surface area contributed by atoms with Crippen molar-refractivity contribution in [2.24, 2.45) is 0 Å². The fraction of sp³-hybridized carbons (Fsp3) is 0.308. The molecule has 0 atom stereocenters. The normalized spacial score (nSPS) is 10.2. The van der Waals surface area contributed by atoms with Gasteiger partial charge in [0.25, 0.3) is 5.91 Å². The Morgan fingerprint density at radius 3 is 2.95 bits per heavy atom. The molecule has 0 spiro atoms. The second kappa shape index (κ2) is 6.53. The number of pyridine rings is 1. The van der Waals surface area contributed by atoms with Gasteiger partial charge in [0.15, 0.2) is 0 Å². The highest BCUT2D eigenvalue weighted by molar-refractivity contribution is 5.91. The summed E-state index contributed by atoms with van der Waals surface area (Å²) < 4.78 is 5.38. The molecule has 2 N–H and O–H groups in total. The summed E-state index contributed by atoms with van der Waals surface area (Å²) in [6, 6.07) is 5.30. The van der Waals surface area contributed by atoms with Crippen LogP contribution in [0.15, 0.2) is 30.6 Å². The fourth-order valence-electron chi connectivity index (χ4n) is 1.47. The first-order chi connectivity index (χ1) is 9.29. The van der Waals surface area contributed by atoms with Gasteiger partial charge in [-0.05, 0) is 18.1 Å². The quantitative estimate of drug-likeness (QED) is 0.825. The summed E-state index contributed by atoms with van der Waals surface area (Å²) in [7, 11) is 0. The molecule has 6 heteroatoms. The van der Waals surface area contributed by atoms with E-state index in [-0.39, 0.29) is 5.91 Å². The van der Waals surface area contributed by atoms with E-state index < -0.39 is 0 Å². The number of nitrogens with zero attached hydrogens (tertiary/aromatic N) is 2. The van der Waals surface area contributed by atoms with Crippen LogP contribution in [0.2, 0.25) is 0 Å². The molecule has 0 fully saturated rings. The largest absolute Gasteiger partial charge is 0.478 e. The Kier molecular flexibility index (Phi) is 4.49. The molecule has 0 aromatic carbocycles. The van der Waals surface area contributed by atoms with E-state index in [1.807, 2.05) is 13.0 Å². The van der Waals surface area contributed by atoms with Crippen LogP contribution in [0.25, 0.3) is 0 Å². The van der Waals surface area contributed by atoms with Crippen molar-refractivity contribution in [3.8, 4) is 5.88 Å². The molecular formula is C13H16N4O2. The zero-order valence-electron chi connectivity index (χ0n) is 10.7. The fourth-order valence-corrected chi connectivity index (χ4v) is 1.47. The van der Waals surface area contributed by atoms with Gasteiger partial charge in [-0.1, -0.05) is 13.0 Å². The number of carbonyl (C=O) groups is 1. The predicted molar refractivity (Wildman–Crippen MR) is 69.8 cm³/mol. The van der Waals surface area contributed by atoms with Crippen LogP contribution in [-0.4, -0.2) is 27.7 Å². The molecule has 0 saturated heterocycles. The van der Waals surface area contributed by atoms with Crippen LogP contribution in [0.5, 0.6) is 5.88 Å². The number of amides is 1. The average molecular weight is 260 g/mol. The molecule has 0 aliphatic rings. The molecule has 0 radical (unpaired) electrons. The van der Waals surface area contributed by atoms with Crippen molar-refractivity contribution in [2.45, 2.75) is 19.9 Å². The van der Waals surface area contributed by atoms with Crippen molar-refractivity contribution in [1.82, 2.24) is 20.5 Å². The Balaban J connectivity index is 1.84. The third-order valence-electron chi connectivity index (χ3n) is 2.45. The molecule has 100 valence electrons. The van der Waals surface area contributed by atoms with Gasteiger partial charge < -0.3 is 10.1 Å². The van der Waals surface area contributed by atoms with Gasteiger partial charge in [0.1, 0.15) is 5.69 Å². The van der Waals surface area contributed by atoms with E-state index in [9.17, 15) is 4.79 Å². The summed E-state index contributed by atoms with van der Waals surface area (Å²) in [4.78, 5) is 15.8. The molecule has 2 aromatic heterocycles. The zero-order chi connectivity index (χ0) is 13.5. The van der Waals surface area contributed by atoms with E-state index in [1.54, 1.807) is 18.3 Å². The Labute approximate surface area is 111 Å². The molecule has 2 aromatic rings. The third-order valence-corrected chi connectivity index (χ3v) is 2.45. The van der Waals surface area contributed by atoms with Crippen LogP contribution < -0.4 is 10.1 Å². The second-order valence-corrected chi connectivity index (χ2v) is 4.01. The Hall–Kier alpha value is -2.37. The molecule has 2 rings (SSSR count). The molecule has 0 aliphatic carbocycles. The number of aromatic nitrogens is 3. The van der Waals surface area contributed by atoms with Crippen LogP contribution in [0.1, 0.15) is 29.4 Å². The van der Waals surface area contributed by atoms with Crippen molar-refractivity contribution >= 4 is 5.91 Å². The van der Waals surface area contributed by atoms with Crippen molar-refractivity contribution in [1.29, 1.82) is 0 Å². The van der Waals surface area contributed by atoms with Crippen molar-refractivity contribution in [3.63, 3.8) is 0 Å². The first-order valence-electron chi connectivity index (χ1n) is 6.15. The first-order valence-corrected chi connectivity index (χ1v) is 6.15. The van der Waals surface area contributed by atoms with Gasteiger partial charge in [-0.15, -0.1) is 0 Å². The van der Waals surface area contributed by atoms with E-state index in [0.717, 1.165) is 12.0 Å². The zero-order valence-corrected chi connectivity index (χ0v) is 10.7. The predicted octanol–water partition coefficient (Wildman–Crippen LogP) is 1.52. The van der Waals surface area contributed by atoms with E-state index in [0.29, 0.717) is 24.7 Å². The Morgan fingerprint density at radius 1 is 1.42 bits per heavy atom. The minimum Gasteiger partial charge on any atom is -0.478 e. The van der Waals surface area contributed by atoms with Gasteiger partial charge in [-0.25, -0.2) is 4.98 Å². The summed E-state index contributed by atoms with van der Waals surface area (Å²) >= 11 is 0. The van der Waals surface area contributed by atoms with Gasteiger partial charge in [0.05, 0.1) is 6.61 Å². The van der Waals surface area contributed by atoms with E-state index >= 15 is 0 Å². The highest BCUT2D eigenvalue weighted by atomic mass is 16.5. The minimum absolute atomic E-state index is 0.191. The lowest BCUT2D eigenvalue weighted by molar-refractivity contribution is 0.0946. The molecule has 0 unspecified atom stereocenters. The van der Waals surface area contributed by atoms with Crippen LogP contribution in [0, 0.1) is 0 Å². The molecule has 1 amide bonds. The Morgan fingerprint density at radius 2 is 2.32 bits per heavy atom. The lowest BCUT2D eigenvalue weighted by atomic mass is 10.3. The van der Waals surface area contributed by atoms with Crippen LogP contribution in [0.4, 0.5) is 0 Å². The lowest BCUT2D eigenvalue weighted by Gasteiger charge is -2.06. The topological polar surface area (TPSA) is 79.9 Å². The number of ether oxygens (including phenoxy) is 1. The van der Waals surface area contributed by atoms with Crippen molar-refractivity contribution in [3.05, 3.63) is 41.9 Å². The van der Waals surface area contributed by atoms with Gasteiger partial charge in [0, 0.05) is 25.0 Å². The van der Waals surface area contributed by atoms with Crippen LogP contribution in [0.3, 0.4) is 0 Å². The summed E-state index contributed by atoms with van der Waals surface area (Å²) in [6.45, 7) is 3.11. The second-order valence-electron chi connectivity index (χ2n) is 4.01. The molecule has 0 saturated carbocycles. The van der Waals surface area contributed by atoms with Gasteiger partial charge in [0.2, 0.25) is 5.88 Å². The monoisotopic (exact) mass is 260 g/mol. The van der Waals surface area contributed by atoms with E-state index in [1.165, 1.54) is 6.20 Å². The van der Waals surface area contributed by atoms with Gasteiger partial charge in [-0.2, -0.15) is 5.10 Å². The summed E-state index contributed by atoms with van der Waals surface area (Å²) in [5, 5.41) is 9.10. The molecule has 19 heavy (non-hydrogen) atoms. The maximum absolute atomic E-state index is 11.7. The van der Waals surface area contributed by atoms with E-state index in [4.69, 9.17) is 4.74 Å². The number of H-pyrrole nitrogens is 1. The average Bonchev–Trinajstić information content (AvgIpc) is 2.98. The summed E-state index contributed by atoms with van der Waals surface area (Å²) in [5.41, 5.74) is 1.35. The number of rotatable bonds is 6. The molecule has 2 heterocycles. The van der Waals surface area contributed by atoms with Crippen molar-refractivity contribution < 1.29 is 9.53 Å². The van der Waals surface area contributed by atoms with Crippen LogP contribution in [-0.2, 0) is 6.54 Å². The number of nitrogens with one attached hydrogen (secondary N) is 2. The number of carbonyl (C=O) groups excluding carboxylic acids is 1. The summed E-state index contributed by atoms with van der Waals surface area (Å²) in [5.74, 6) is 0.411. The summed E-state index contributed by atoms with van der Waals surface area (Å²) in [6.07, 6.45) is 4.18. The van der Waals surface area contributed by atoms with Crippen LogP contribution >= 0.6 is 0 Å². The highest BCUT2D eigenvalue weighted by Crippen LogP contribution is 2.07. The minimum atomic E-state index is -0.191. The number of aromatic amines is 1. The highest BCUT2D eigenvalue weighted by Gasteiger charge is 2.06. The van der Waals surface area contributed by atoms with E-state index in [2.05, 4.69) is 20.5 Å². The molecule has 0 bridgehead atoms. The number of hydrogen-bond donors (Lipinski definition) is 2. The maximum atomic E-state index is 11.7. The lowest BCUT2D eigenvalue weighted by Crippen LogP contribution is -2.23. The SMILES string of the molecule is CCCOc1ccc(CNC(=O)c2ccn[nH]2)cn1.